The molecule has 0 spiro atoms. The Morgan fingerprint density at radius 1 is 0.600 bits per heavy atom. The Balaban J connectivity index is 3.56. The topological polar surface area (TPSA) is 117 Å². The quantitative estimate of drug-likeness (QED) is 0.144. The summed E-state index contributed by atoms with van der Waals surface area (Å²) in [7, 11) is 0. The number of nitrogens with two attached hydrogens (primary N) is 3. The summed E-state index contributed by atoms with van der Waals surface area (Å²) in [5.74, 6) is 0. The van der Waals surface area contributed by atoms with E-state index in [2.05, 4.69) is 21.1 Å². The van der Waals surface area contributed by atoms with Gasteiger partial charge in [-0.2, -0.15) is 0 Å². The lowest BCUT2D eigenvalue weighted by atomic mass is 10.4. The normalized spacial score (nSPS) is 11.4. The number of hydrogen-bond acceptors (Lipinski definition) is 7. The molecule has 0 aromatic rings. The van der Waals surface area contributed by atoms with Crippen LogP contribution in [0.5, 0.6) is 0 Å². The summed E-state index contributed by atoms with van der Waals surface area (Å²) in [6.07, 6.45) is 3.14. The molecule has 0 aromatic carbocycles. The van der Waals surface area contributed by atoms with Crippen LogP contribution in [0.2, 0.25) is 0 Å². The Morgan fingerprint density at radius 3 is 2.00 bits per heavy atom. The molecule has 0 heterocycles. The van der Waals surface area contributed by atoms with Gasteiger partial charge in [-0.3, -0.25) is 5.43 Å². The molecule has 122 valence electrons. The SMILES string of the molecule is NCCCNCCN(CCCN)NCCCNCCN. The van der Waals surface area contributed by atoms with Gasteiger partial charge < -0.3 is 27.8 Å². The summed E-state index contributed by atoms with van der Waals surface area (Å²) in [6, 6.07) is 0. The molecule has 0 bridgehead atoms. The maximum atomic E-state index is 5.58. The molecule has 0 rings (SSSR count). The van der Waals surface area contributed by atoms with Crippen LogP contribution in [-0.4, -0.2) is 70.5 Å². The first kappa shape index (κ1) is 19.7. The van der Waals surface area contributed by atoms with Crippen molar-refractivity contribution in [1.82, 2.24) is 21.1 Å². The monoisotopic (exact) mass is 289 g/mol. The van der Waals surface area contributed by atoms with Gasteiger partial charge in [-0.05, 0) is 45.4 Å². The fraction of sp³-hybridized carbons (Fsp3) is 1.00. The molecule has 20 heavy (non-hydrogen) atoms. The minimum Gasteiger partial charge on any atom is -0.330 e. The largest absolute Gasteiger partial charge is 0.330 e. The molecule has 0 aromatic heterocycles. The third kappa shape index (κ3) is 14.1. The molecule has 0 fully saturated rings. The molecule has 0 saturated carbocycles. The lowest BCUT2D eigenvalue weighted by Gasteiger charge is -2.23. The number of nitrogens with one attached hydrogen (secondary N) is 3. The average Bonchev–Trinajstić information content (AvgIpc) is 2.47. The summed E-state index contributed by atoms with van der Waals surface area (Å²) in [4.78, 5) is 0. The molecule has 7 heteroatoms. The zero-order valence-electron chi connectivity index (χ0n) is 12.9. The molecule has 0 amide bonds. The Labute approximate surface area is 124 Å². The standard InChI is InChI=1S/C13H35N7/c14-4-1-7-18-11-13-20(12-2-5-15)19-9-3-8-17-10-6-16/h17-19H,1-16H2. The highest BCUT2D eigenvalue weighted by Crippen LogP contribution is 1.87. The summed E-state index contributed by atoms with van der Waals surface area (Å²) >= 11 is 0. The van der Waals surface area contributed by atoms with Crippen LogP contribution < -0.4 is 33.3 Å². The van der Waals surface area contributed by atoms with Gasteiger partial charge in [-0.1, -0.05) is 0 Å². The maximum Gasteiger partial charge on any atom is 0.0256 e. The molecular formula is C13H35N7. The minimum absolute atomic E-state index is 0.699. The van der Waals surface area contributed by atoms with Crippen LogP contribution in [0.1, 0.15) is 19.3 Å². The van der Waals surface area contributed by atoms with E-state index in [4.69, 9.17) is 17.2 Å². The second-order valence-electron chi connectivity index (χ2n) is 4.82. The number of hydrazine groups is 1. The zero-order chi connectivity index (χ0) is 14.9. The molecule has 0 atom stereocenters. The zero-order valence-corrected chi connectivity index (χ0v) is 12.9. The van der Waals surface area contributed by atoms with E-state index in [0.717, 1.165) is 78.2 Å². The Hall–Kier alpha value is -0.280. The first-order valence-corrected chi connectivity index (χ1v) is 7.85. The van der Waals surface area contributed by atoms with Gasteiger partial charge in [-0.25, -0.2) is 5.01 Å². The van der Waals surface area contributed by atoms with Crippen LogP contribution in [0, 0.1) is 0 Å². The van der Waals surface area contributed by atoms with E-state index in [1.807, 2.05) is 0 Å². The summed E-state index contributed by atoms with van der Waals surface area (Å²) in [5, 5.41) is 8.94. The van der Waals surface area contributed by atoms with Crippen molar-refractivity contribution in [2.45, 2.75) is 19.3 Å². The van der Waals surface area contributed by atoms with Crippen LogP contribution >= 0.6 is 0 Å². The fourth-order valence-corrected chi connectivity index (χ4v) is 1.80. The highest BCUT2D eigenvalue weighted by Gasteiger charge is 2.02. The smallest absolute Gasteiger partial charge is 0.0256 e. The van der Waals surface area contributed by atoms with E-state index >= 15 is 0 Å². The average molecular weight is 289 g/mol. The predicted octanol–water partition coefficient (Wildman–Crippen LogP) is -1.98. The van der Waals surface area contributed by atoms with Crippen molar-refractivity contribution in [2.24, 2.45) is 17.2 Å². The van der Waals surface area contributed by atoms with Crippen molar-refractivity contribution in [3.63, 3.8) is 0 Å². The van der Waals surface area contributed by atoms with Crippen LogP contribution in [0.25, 0.3) is 0 Å². The lowest BCUT2D eigenvalue weighted by molar-refractivity contribution is 0.186. The first-order valence-electron chi connectivity index (χ1n) is 7.85. The summed E-state index contributed by atoms with van der Waals surface area (Å²) in [5.41, 5.74) is 19.9. The molecule has 7 nitrogen and oxygen atoms in total. The van der Waals surface area contributed by atoms with E-state index in [1.54, 1.807) is 0 Å². The van der Waals surface area contributed by atoms with Crippen LogP contribution in [-0.2, 0) is 0 Å². The molecule has 0 aliphatic heterocycles. The van der Waals surface area contributed by atoms with Crippen LogP contribution in [0.15, 0.2) is 0 Å². The van der Waals surface area contributed by atoms with Crippen molar-refractivity contribution in [3.8, 4) is 0 Å². The van der Waals surface area contributed by atoms with Gasteiger partial charge in [0.1, 0.15) is 0 Å². The van der Waals surface area contributed by atoms with Crippen LogP contribution in [0.3, 0.4) is 0 Å². The highest BCUT2D eigenvalue weighted by atomic mass is 15.5. The third-order valence-corrected chi connectivity index (χ3v) is 2.94. The van der Waals surface area contributed by atoms with Gasteiger partial charge in [0.15, 0.2) is 0 Å². The van der Waals surface area contributed by atoms with Crippen molar-refractivity contribution in [3.05, 3.63) is 0 Å². The van der Waals surface area contributed by atoms with E-state index in [1.165, 1.54) is 0 Å². The first-order chi connectivity index (χ1) is 9.85. The third-order valence-electron chi connectivity index (χ3n) is 2.94. The Bertz CT molecular complexity index is 180. The van der Waals surface area contributed by atoms with E-state index < -0.39 is 0 Å². The van der Waals surface area contributed by atoms with Crippen molar-refractivity contribution >= 4 is 0 Å². The number of nitrogens with zero attached hydrogens (tertiary/aromatic N) is 1. The second-order valence-corrected chi connectivity index (χ2v) is 4.82. The van der Waals surface area contributed by atoms with Gasteiger partial charge in [0, 0.05) is 39.3 Å². The van der Waals surface area contributed by atoms with Crippen molar-refractivity contribution in [1.29, 1.82) is 0 Å². The Kier molecular flexibility index (Phi) is 16.5. The minimum atomic E-state index is 0.699. The van der Waals surface area contributed by atoms with Gasteiger partial charge in [-0.15, -0.1) is 0 Å². The molecule has 9 N–H and O–H groups in total. The van der Waals surface area contributed by atoms with Gasteiger partial charge >= 0.3 is 0 Å². The molecule has 0 aliphatic carbocycles. The maximum absolute atomic E-state index is 5.58. The summed E-state index contributed by atoms with van der Waals surface area (Å²) < 4.78 is 0. The highest BCUT2D eigenvalue weighted by molar-refractivity contribution is 4.58. The molecule has 0 aliphatic rings. The molecular weight excluding hydrogens is 254 g/mol. The van der Waals surface area contributed by atoms with Crippen LogP contribution in [0.4, 0.5) is 0 Å². The lowest BCUT2D eigenvalue weighted by Crippen LogP contribution is -2.44. The molecule has 0 radical (unpaired) electrons. The molecule has 0 saturated heterocycles. The van der Waals surface area contributed by atoms with E-state index in [-0.39, 0.29) is 0 Å². The second kappa shape index (κ2) is 16.8. The summed E-state index contributed by atoms with van der Waals surface area (Å²) in [6.45, 7) is 9.00. The molecule has 0 unspecified atom stereocenters. The Morgan fingerprint density at radius 2 is 1.30 bits per heavy atom. The van der Waals surface area contributed by atoms with Crippen molar-refractivity contribution < 1.29 is 0 Å². The predicted molar refractivity (Wildman–Crippen MR) is 86.3 cm³/mol. The van der Waals surface area contributed by atoms with Gasteiger partial charge in [0.25, 0.3) is 0 Å². The number of rotatable bonds is 16. The van der Waals surface area contributed by atoms with Gasteiger partial charge in [0.05, 0.1) is 0 Å². The fourth-order valence-electron chi connectivity index (χ4n) is 1.80. The van der Waals surface area contributed by atoms with Gasteiger partial charge in [0.2, 0.25) is 0 Å². The van der Waals surface area contributed by atoms with E-state index in [0.29, 0.717) is 6.54 Å². The van der Waals surface area contributed by atoms with E-state index in [9.17, 15) is 0 Å². The van der Waals surface area contributed by atoms with Crippen molar-refractivity contribution in [2.75, 3.05) is 65.4 Å². The number of hydrogen-bond donors (Lipinski definition) is 6.